The van der Waals surface area contributed by atoms with Crippen LogP contribution < -0.4 is 10.3 Å². The molecule has 0 spiro atoms. The summed E-state index contributed by atoms with van der Waals surface area (Å²) in [5, 5.41) is 20.5. The van der Waals surface area contributed by atoms with E-state index in [0.717, 1.165) is 37.4 Å². The molecule has 0 unspecified atom stereocenters. The Kier molecular flexibility index (Phi) is 5.89. The number of aliphatic hydroxyl groups is 1. The maximum atomic E-state index is 12.6. The fourth-order valence-electron chi connectivity index (χ4n) is 3.71. The van der Waals surface area contributed by atoms with Gasteiger partial charge >= 0.3 is 0 Å². The van der Waals surface area contributed by atoms with Gasteiger partial charge < -0.3 is 19.5 Å². The Morgan fingerprint density at radius 2 is 1.76 bits per heavy atom. The van der Waals surface area contributed by atoms with Crippen LogP contribution in [0.25, 0.3) is 22.3 Å². The minimum absolute atomic E-state index is 0.187. The molecule has 1 fully saturated rings. The van der Waals surface area contributed by atoms with E-state index < -0.39 is 5.43 Å². The summed E-state index contributed by atoms with van der Waals surface area (Å²) in [7, 11) is 0. The van der Waals surface area contributed by atoms with E-state index in [0.29, 0.717) is 28.4 Å². The van der Waals surface area contributed by atoms with Crippen molar-refractivity contribution < 1.29 is 14.6 Å². The number of fused-ring (bicyclic) bond motifs is 1. The first-order chi connectivity index (χ1) is 14.1. The van der Waals surface area contributed by atoms with Crippen LogP contribution >= 0.6 is 15.9 Å². The Morgan fingerprint density at radius 1 is 1.03 bits per heavy atom. The first-order valence-corrected chi connectivity index (χ1v) is 10.8. The van der Waals surface area contributed by atoms with Crippen LogP contribution in [0.2, 0.25) is 0 Å². The van der Waals surface area contributed by atoms with Crippen molar-refractivity contribution in [2.75, 3.05) is 44.2 Å². The smallest absolute Gasteiger partial charge is 0.235 e. The molecule has 0 aliphatic carbocycles. The summed E-state index contributed by atoms with van der Waals surface area (Å²) in [5.41, 5.74) is 2.72. The predicted molar refractivity (Wildman–Crippen MR) is 118 cm³/mol. The normalized spacial score (nSPS) is 15.2. The number of aromatic hydroxyl groups is 1. The third-order valence-corrected chi connectivity index (χ3v) is 6.02. The summed E-state index contributed by atoms with van der Waals surface area (Å²) in [6.45, 7) is 4.52. The molecule has 0 atom stereocenters. The summed E-state index contributed by atoms with van der Waals surface area (Å²) in [6.07, 6.45) is 0. The summed E-state index contributed by atoms with van der Waals surface area (Å²) in [5.74, 6) is -0.178. The molecule has 4 rings (SSSR count). The summed E-state index contributed by atoms with van der Waals surface area (Å²) < 4.78 is 5.88. The number of anilines is 1. The lowest BCUT2D eigenvalue weighted by Gasteiger charge is -2.35. The van der Waals surface area contributed by atoms with E-state index in [2.05, 4.69) is 25.7 Å². The van der Waals surface area contributed by atoms with Gasteiger partial charge in [-0.2, -0.15) is 0 Å². The van der Waals surface area contributed by atoms with Gasteiger partial charge in [-0.25, -0.2) is 0 Å². The lowest BCUT2D eigenvalue weighted by atomic mass is 10.1. The third kappa shape index (κ3) is 4.03. The zero-order chi connectivity index (χ0) is 20.4. The van der Waals surface area contributed by atoms with Gasteiger partial charge in [0.15, 0.2) is 5.76 Å². The average molecular weight is 459 g/mol. The van der Waals surface area contributed by atoms with Crippen molar-refractivity contribution in [2.45, 2.75) is 5.33 Å². The SMILES string of the molecule is O=c1c(O)c(-c2ccc(N3CCN(CCO)CC3)cc2)oc2ccc(CBr)cc12. The van der Waals surface area contributed by atoms with Crippen molar-refractivity contribution in [1.82, 2.24) is 4.90 Å². The number of rotatable bonds is 5. The molecule has 1 aliphatic rings. The van der Waals surface area contributed by atoms with Crippen molar-refractivity contribution in [3.8, 4) is 17.1 Å². The molecule has 1 aromatic heterocycles. The zero-order valence-electron chi connectivity index (χ0n) is 16.0. The minimum atomic E-state index is -0.423. The Bertz CT molecular complexity index is 1060. The highest BCUT2D eigenvalue weighted by Gasteiger charge is 2.18. The molecule has 2 aromatic carbocycles. The Hall–Kier alpha value is -2.35. The number of β-amino-alcohol motifs (C(OH)–C–C–N with tert-alkyl or cyclic N) is 1. The zero-order valence-corrected chi connectivity index (χ0v) is 17.6. The molecule has 0 radical (unpaired) electrons. The van der Waals surface area contributed by atoms with Crippen molar-refractivity contribution in [3.05, 3.63) is 58.3 Å². The molecule has 2 N–H and O–H groups in total. The van der Waals surface area contributed by atoms with Crippen molar-refractivity contribution in [1.29, 1.82) is 0 Å². The largest absolute Gasteiger partial charge is 0.502 e. The lowest BCUT2D eigenvalue weighted by Crippen LogP contribution is -2.47. The highest BCUT2D eigenvalue weighted by Crippen LogP contribution is 2.32. The number of halogens is 1. The van der Waals surface area contributed by atoms with Crippen LogP contribution in [0.5, 0.6) is 5.75 Å². The number of hydrogen-bond acceptors (Lipinski definition) is 6. The first-order valence-electron chi connectivity index (χ1n) is 9.64. The summed E-state index contributed by atoms with van der Waals surface area (Å²) in [4.78, 5) is 17.2. The molecule has 0 saturated carbocycles. The van der Waals surface area contributed by atoms with Crippen molar-refractivity contribution >= 4 is 32.6 Å². The molecule has 152 valence electrons. The Labute approximate surface area is 177 Å². The van der Waals surface area contributed by atoms with E-state index in [9.17, 15) is 9.90 Å². The average Bonchev–Trinajstić information content (AvgIpc) is 2.77. The quantitative estimate of drug-likeness (QED) is 0.571. The van der Waals surface area contributed by atoms with E-state index in [1.54, 1.807) is 12.1 Å². The summed E-state index contributed by atoms with van der Waals surface area (Å²) >= 11 is 3.38. The second-order valence-corrected chi connectivity index (χ2v) is 7.73. The predicted octanol–water partition coefficient (Wildman–Crippen LogP) is 3.17. The van der Waals surface area contributed by atoms with E-state index in [1.807, 2.05) is 30.3 Å². The van der Waals surface area contributed by atoms with Crippen LogP contribution in [-0.2, 0) is 5.33 Å². The maximum absolute atomic E-state index is 12.6. The molecular formula is C22H23BrN2O4. The number of piperazine rings is 1. The van der Waals surface area contributed by atoms with Crippen LogP contribution in [0, 0.1) is 0 Å². The molecule has 1 aliphatic heterocycles. The van der Waals surface area contributed by atoms with Crippen LogP contribution in [0.1, 0.15) is 5.56 Å². The maximum Gasteiger partial charge on any atom is 0.235 e. The molecule has 0 amide bonds. The van der Waals surface area contributed by atoms with E-state index >= 15 is 0 Å². The van der Waals surface area contributed by atoms with Crippen molar-refractivity contribution in [2.24, 2.45) is 0 Å². The molecule has 3 aromatic rings. The van der Waals surface area contributed by atoms with Crippen LogP contribution in [-0.4, -0.2) is 54.4 Å². The Morgan fingerprint density at radius 3 is 2.41 bits per heavy atom. The second kappa shape index (κ2) is 8.57. The third-order valence-electron chi connectivity index (χ3n) is 5.37. The number of nitrogens with zero attached hydrogens (tertiary/aromatic N) is 2. The van der Waals surface area contributed by atoms with Gasteiger partial charge in [0.2, 0.25) is 11.2 Å². The van der Waals surface area contributed by atoms with Gasteiger partial charge in [-0.15, -0.1) is 0 Å². The van der Waals surface area contributed by atoms with Gasteiger partial charge in [0, 0.05) is 49.3 Å². The van der Waals surface area contributed by atoms with Crippen LogP contribution in [0.15, 0.2) is 51.7 Å². The van der Waals surface area contributed by atoms with Gasteiger partial charge in [0.05, 0.1) is 12.0 Å². The minimum Gasteiger partial charge on any atom is -0.502 e. The van der Waals surface area contributed by atoms with E-state index in [1.165, 1.54) is 0 Å². The van der Waals surface area contributed by atoms with Gasteiger partial charge in [-0.1, -0.05) is 22.0 Å². The Balaban J connectivity index is 1.60. The van der Waals surface area contributed by atoms with Gasteiger partial charge in [0.25, 0.3) is 0 Å². The second-order valence-electron chi connectivity index (χ2n) is 7.17. The van der Waals surface area contributed by atoms with E-state index in [-0.39, 0.29) is 18.1 Å². The fraction of sp³-hybridized carbons (Fsp3) is 0.318. The number of benzene rings is 2. The summed E-state index contributed by atoms with van der Waals surface area (Å²) in [6, 6.07) is 13.1. The molecule has 1 saturated heterocycles. The van der Waals surface area contributed by atoms with Crippen LogP contribution in [0.3, 0.4) is 0 Å². The molecule has 2 heterocycles. The highest BCUT2D eigenvalue weighted by molar-refractivity contribution is 9.08. The van der Waals surface area contributed by atoms with E-state index in [4.69, 9.17) is 9.52 Å². The number of hydrogen-bond donors (Lipinski definition) is 2. The standard InChI is InChI=1S/C22H23BrN2O4/c23-14-15-1-6-19-18(13-15)20(27)21(28)22(29-19)16-2-4-17(5-3-16)25-9-7-24(8-10-25)11-12-26/h1-6,13,26,28H,7-12,14H2. The monoisotopic (exact) mass is 458 g/mol. The van der Waals surface area contributed by atoms with Crippen molar-refractivity contribution in [3.63, 3.8) is 0 Å². The van der Waals surface area contributed by atoms with Crippen LogP contribution in [0.4, 0.5) is 5.69 Å². The molecule has 7 heteroatoms. The van der Waals surface area contributed by atoms with Gasteiger partial charge in [0.1, 0.15) is 5.58 Å². The molecule has 6 nitrogen and oxygen atoms in total. The highest BCUT2D eigenvalue weighted by atomic mass is 79.9. The fourth-order valence-corrected chi connectivity index (χ4v) is 4.05. The first kappa shape index (κ1) is 19.9. The van der Waals surface area contributed by atoms with Gasteiger partial charge in [-0.05, 0) is 42.0 Å². The lowest BCUT2D eigenvalue weighted by molar-refractivity contribution is 0.189. The molecule has 0 bridgehead atoms. The topological polar surface area (TPSA) is 77.2 Å². The molecular weight excluding hydrogens is 436 g/mol. The van der Waals surface area contributed by atoms with Gasteiger partial charge in [-0.3, -0.25) is 9.69 Å². The number of aliphatic hydroxyl groups excluding tert-OH is 1. The number of alkyl halides is 1. The molecule has 29 heavy (non-hydrogen) atoms.